The van der Waals surface area contributed by atoms with Crippen LogP contribution in [-0.4, -0.2) is 5.78 Å². The van der Waals surface area contributed by atoms with E-state index >= 15 is 0 Å². The average molecular weight is 1080 g/mol. The molecule has 0 rings (SSSR count). The van der Waals surface area contributed by atoms with Gasteiger partial charge >= 0.3 is 0 Å². The molecule has 0 heterocycles. The molecule has 0 saturated heterocycles. The second kappa shape index (κ2) is 60.2. The molecule has 0 aliphatic carbocycles. The maximum absolute atomic E-state index is 10.8. The fourth-order valence-electron chi connectivity index (χ4n) is 9.94. The number of hydrogen-bond donors (Lipinski definition) is 0. The van der Waals surface area contributed by atoms with Crippen LogP contribution in [0.25, 0.3) is 0 Å². The molecule has 0 aliphatic rings. The first kappa shape index (κ1) is 83.9. The molecule has 0 saturated carbocycles. The van der Waals surface area contributed by atoms with Gasteiger partial charge in [-0.15, -0.1) is 13.2 Å². The summed E-state index contributed by atoms with van der Waals surface area (Å²) in [6.45, 7) is 73.5. The number of hydrogen-bond acceptors (Lipinski definition) is 1. The highest BCUT2D eigenvalue weighted by molar-refractivity contribution is 5.75. The second-order valence-corrected chi connectivity index (χ2v) is 24.6. The molecule has 456 valence electrons. The minimum absolute atomic E-state index is 0.275. The zero-order valence-corrected chi connectivity index (χ0v) is 56.3. The Balaban J connectivity index is -0.000000285. The fourth-order valence-corrected chi connectivity index (χ4v) is 9.94. The maximum atomic E-state index is 10.8. The summed E-state index contributed by atoms with van der Waals surface area (Å²) in [6, 6.07) is 0. The van der Waals surface area contributed by atoms with Crippen LogP contribution in [-0.2, 0) is 4.79 Å². The smallest absolute Gasteiger partial charge is 0.130 e. The van der Waals surface area contributed by atoms with Gasteiger partial charge < -0.3 is 4.79 Å². The third-order valence-corrected chi connectivity index (χ3v) is 15.8. The molecule has 0 aliphatic heterocycles. The molecular weight excluding hydrogens is 941 g/mol. The molecule has 0 bridgehead atoms. The van der Waals surface area contributed by atoms with Crippen molar-refractivity contribution in [3.63, 3.8) is 0 Å². The van der Waals surface area contributed by atoms with Gasteiger partial charge in [0.25, 0.3) is 0 Å². The lowest BCUT2D eigenvalue weighted by molar-refractivity contribution is -0.117. The molecule has 0 radical (unpaired) electrons. The Hall–Kier alpha value is -2.93. The quantitative estimate of drug-likeness (QED) is 0.0555. The summed E-state index contributed by atoms with van der Waals surface area (Å²) in [5.41, 5.74) is 13.2. The Bertz CT molecular complexity index is 1570. The van der Waals surface area contributed by atoms with Gasteiger partial charge in [0, 0.05) is 6.42 Å². The molecule has 0 aromatic rings. The van der Waals surface area contributed by atoms with Crippen molar-refractivity contribution in [2.45, 2.75) is 335 Å². The van der Waals surface area contributed by atoms with Crippen LogP contribution in [0, 0.1) is 29.6 Å². The van der Waals surface area contributed by atoms with E-state index in [0.717, 1.165) is 81.0 Å². The highest BCUT2D eigenvalue weighted by Gasteiger charge is 2.11. The maximum Gasteiger partial charge on any atom is 0.130 e. The van der Waals surface area contributed by atoms with Gasteiger partial charge in [-0.2, -0.15) is 0 Å². The van der Waals surface area contributed by atoms with Gasteiger partial charge in [0.2, 0.25) is 0 Å². The molecule has 0 fully saturated rings. The molecule has 0 N–H and O–H groups in total. The minimum atomic E-state index is 0.275. The molecular formula is C77H142O. The van der Waals surface area contributed by atoms with Crippen molar-refractivity contribution in [3.05, 3.63) is 122 Å². The predicted molar refractivity (Wildman–Crippen MR) is 365 cm³/mol. The Kier molecular flexibility index (Phi) is 64.7. The van der Waals surface area contributed by atoms with Crippen molar-refractivity contribution in [3.8, 4) is 0 Å². The van der Waals surface area contributed by atoms with E-state index in [1.165, 1.54) is 229 Å². The topological polar surface area (TPSA) is 17.1 Å². The first-order chi connectivity index (χ1) is 36.9. The molecule has 0 spiro atoms. The summed E-state index contributed by atoms with van der Waals surface area (Å²) < 4.78 is 0. The highest BCUT2D eigenvalue weighted by Crippen LogP contribution is 2.27. The standard InChI is InChI=1S/2C17H30.C15H28.C14H26O.C14H28/c1-7-15(5)13-16(6)10-12-17(8-2)11-9-14(3)4;1-7-9-17(8-2)11-10-15(5)13-16(6)12-14(3)4;1-6-8-14(5)10-12-15(7-2)11-9-13(3)4;1-5-7-14(6-2)11-9-12(3)8-10-13(4)15;1-5-8-10-13(4)11-12-14(7-3)9-6-2/h2*17H,3,5-13H2,1-2,4H3;15H,3,5-12H2,1-2,4H3;14H,3,5-11H2,1-2,4H3;14H,4-12H2,1-3H3. The van der Waals surface area contributed by atoms with Crippen LogP contribution in [0.1, 0.15) is 335 Å². The number of unbranched alkanes of at least 4 members (excludes halogenated alkanes) is 1. The summed E-state index contributed by atoms with van der Waals surface area (Å²) in [5, 5.41) is 0. The molecule has 78 heavy (non-hydrogen) atoms. The summed E-state index contributed by atoms with van der Waals surface area (Å²) >= 11 is 0. The average Bonchev–Trinajstić information content (AvgIpc) is 3.39. The zero-order valence-electron chi connectivity index (χ0n) is 56.3. The van der Waals surface area contributed by atoms with Crippen LogP contribution in [0.5, 0.6) is 0 Å². The monoisotopic (exact) mass is 1080 g/mol. The Morgan fingerprint density at radius 3 is 0.859 bits per heavy atom. The Labute approximate surface area is 494 Å². The SMILES string of the molecule is C=C(C)CC(=C)CC(=C)CCC(CC)CCC.C=C(C)CCC(CC)CCC(=C)CC(=C)CC.C=C(C)CCC(CC)CCC(=C)CCC.C=C(CCC(C)=O)CCC(CC)CCC.C=C(CCCC)CCC(CC)CCC. The Morgan fingerprint density at radius 2 is 0.577 bits per heavy atom. The number of ketones is 1. The van der Waals surface area contributed by atoms with Gasteiger partial charge in [-0.1, -0.05) is 268 Å². The minimum Gasteiger partial charge on any atom is -0.300 e. The van der Waals surface area contributed by atoms with E-state index in [1.54, 1.807) is 6.92 Å². The van der Waals surface area contributed by atoms with Crippen LogP contribution < -0.4 is 0 Å². The normalized spacial score (nSPS) is 12.4. The van der Waals surface area contributed by atoms with E-state index in [1.807, 2.05) is 0 Å². The molecule has 5 unspecified atom stereocenters. The van der Waals surface area contributed by atoms with Crippen molar-refractivity contribution in [1.82, 2.24) is 0 Å². The largest absolute Gasteiger partial charge is 0.300 e. The molecule has 1 nitrogen and oxygen atoms in total. The number of Topliss-reactive ketones (excluding diaryl/α,β-unsaturated/α-hetero) is 1. The van der Waals surface area contributed by atoms with Crippen LogP contribution in [0.4, 0.5) is 0 Å². The third kappa shape index (κ3) is 63.9. The van der Waals surface area contributed by atoms with E-state index in [0.29, 0.717) is 6.42 Å². The van der Waals surface area contributed by atoms with Gasteiger partial charge in [0.1, 0.15) is 5.78 Å². The van der Waals surface area contributed by atoms with Crippen molar-refractivity contribution in [2.75, 3.05) is 0 Å². The van der Waals surface area contributed by atoms with Crippen molar-refractivity contribution in [1.29, 1.82) is 0 Å². The lowest BCUT2D eigenvalue weighted by Gasteiger charge is -2.16. The second-order valence-electron chi connectivity index (χ2n) is 24.6. The van der Waals surface area contributed by atoms with E-state index in [2.05, 4.69) is 163 Å². The highest BCUT2D eigenvalue weighted by atomic mass is 16.1. The van der Waals surface area contributed by atoms with Gasteiger partial charge in [-0.3, -0.25) is 0 Å². The van der Waals surface area contributed by atoms with Crippen LogP contribution >= 0.6 is 0 Å². The summed E-state index contributed by atoms with van der Waals surface area (Å²) in [5.74, 6) is 4.65. The molecule has 1 heteroatoms. The Morgan fingerprint density at radius 1 is 0.269 bits per heavy atom. The summed E-state index contributed by atoms with van der Waals surface area (Å²) in [6.07, 6.45) is 43.8. The van der Waals surface area contributed by atoms with Gasteiger partial charge in [0.05, 0.1) is 0 Å². The number of allylic oxidation sites excluding steroid dienone is 10. The molecule has 0 aromatic heterocycles. The third-order valence-electron chi connectivity index (χ3n) is 15.8. The zero-order chi connectivity index (χ0) is 60.7. The lowest BCUT2D eigenvalue weighted by Crippen LogP contribution is -2.00. The van der Waals surface area contributed by atoms with E-state index in [4.69, 9.17) is 0 Å². The lowest BCUT2D eigenvalue weighted by atomic mass is 9.90. The van der Waals surface area contributed by atoms with Crippen molar-refractivity contribution < 1.29 is 4.79 Å². The molecule has 0 amide bonds. The van der Waals surface area contributed by atoms with Crippen LogP contribution in [0.2, 0.25) is 0 Å². The molecule has 0 aromatic carbocycles. The van der Waals surface area contributed by atoms with E-state index < -0.39 is 0 Å². The van der Waals surface area contributed by atoms with Gasteiger partial charge in [-0.25, -0.2) is 0 Å². The fraction of sp³-hybridized carbons (Fsp3) is 0.727. The van der Waals surface area contributed by atoms with Crippen molar-refractivity contribution >= 4 is 5.78 Å². The van der Waals surface area contributed by atoms with Crippen molar-refractivity contribution in [2.24, 2.45) is 29.6 Å². The van der Waals surface area contributed by atoms with Crippen LogP contribution in [0.3, 0.4) is 0 Å². The predicted octanol–water partition coefficient (Wildman–Crippen LogP) is 27.5. The van der Waals surface area contributed by atoms with E-state index in [9.17, 15) is 4.79 Å². The van der Waals surface area contributed by atoms with E-state index in [-0.39, 0.29) is 5.78 Å². The van der Waals surface area contributed by atoms with Crippen LogP contribution in [0.15, 0.2) is 122 Å². The summed E-state index contributed by atoms with van der Waals surface area (Å²) in [4.78, 5) is 10.8. The first-order valence-corrected chi connectivity index (χ1v) is 33.0. The van der Waals surface area contributed by atoms with Gasteiger partial charge in [0.15, 0.2) is 0 Å². The number of carbonyl (C=O) groups is 1. The number of carbonyl (C=O) groups excluding carboxylic acids is 1. The first-order valence-electron chi connectivity index (χ1n) is 33.0. The number of rotatable bonds is 47. The summed E-state index contributed by atoms with van der Waals surface area (Å²) in [7, 11) is 0. The molecule has 5 atom stereocenters. The van der Waals surface area contributed by atoms with Gasteiger partial charge in [-0.05, 0) is 199 Å².